The molecule has 2 aromatic carbocycles. The summed E-state index contributed by atoms with van der Waals surface area (Å²) in [7, 11) is 0. The number of hydrogen-bond donors (Lipinski definition) is 1. The molecule has 0 unspecified atom stereocenters. The third-order valence-electron chi connectivity index (χ3n) is 5.50. The summed E-state index contributed by atoms with van der Waals surface area (Å²) in [4.78, 5) is 32.9. The molecule has 150 valence electrons. The molecule has 0 radical (unpaired) electrons. The minimum Gasteiger partial charge on any atom is -0.386 e. The van der Waals surface area contributed by atoms with Gasteiger partial charge < -0.3 is 15.1 Å². The fourth-order valence-electron chi connectivity index (χ4n) is 3.89. The lowest BCUT2D eigenvalue weighted by Crippen LogP contribution is -2.51. The first-order valence-corrected chi connectivity index (χ1v) is 9.98. The Hall–Kier alpha value is -3.15. The maximum atomic E-state index is 12.8. The van der Waals surface area contributed by atoms with Gasteiger partial charge >= 0.3 is 0 Å². The molecule has 1 spiro atoms. The van der Waals surface area contributed by atoms with E-state index in [9.17, 15) is 9.59 Å². The number of benzene rings is 2. The first kappa shape index (κ1) is 19.2. The number of hydrogen-bond acceptors (Lipinski definition) is 4. The van der Waals surface area contributed by atoms with E-state index in [0.29, 0.717) is 31.6 Å². The molecule has 1 atom stereocenters. The molecule has 2 aliphatic rings. The second-order valence-corrected chi connectivity index (χ2v) is 7.89. The first-order chi connectivity index (χ1) is 14.0. The smallest absolute Gasteiger partial charge is 0.273 e. The number of oxime groups is 1. The average molecular weight is 391 g/mol. The standard InChI is InChI=1S/C23H25N3O3/c1-17-8-10-18(11-9-17)14-21(27)26-13-5-12-23(16-26)15-20(25-29-23)22(28)24-19-6-3-2-4-7-19/h2-4,6-11H,5,12-16H2,1H3,(H,24,28)/t23-/m0/s1. The van der Waals surface area contributed by atoms with Crippen molar-refractivity contribution in [1.82, 2.24) is 4.90 Å². The topological polar surface area (TPSA) is 71.0 Å². The Bertz CT molecular complexity index is 924. The minimum atomic E-state index is -0.593. The van der Waals surface area contributed by atoms with E-state index < -0.39 is 5.60 Å². The van der Waals surface area contributed by atoms with Crippen LogP contribution in [-0.2, 0) is 20.8 Å². The molecule has 29 heavy (non-hydrogen) atoms. The lowest BCUT2D eigenvalue weighted by Gasteiger charge is -2.38. The van der Waals surface area contributed by atoms with Crippen LogP contribution in [0.1, 0.15) is 30.4 Å². The molecule has 1 N–H and O–H groups in total. The van der Waals surface area contributed by atoms with Crippen molar-refractivity contribution >= 4 is 23.2 Å². The van der Waals surface area contributed by atoms with Crippen molar-refractivity contribution in [3.8, 4) is 0 Å². The van der Waals surface area contributed by atoms with E-state index in [4.69, 9.17) is 4.84 Å². The van der Waals surface area contributed by atoms with Crippen LogP contribution in [0.15, 0.2) is 59.8 Å². The predicted octanol–water partition coefficient (Wildman–Crippen LogP) is 3.31. The molecular formula is C23H25N3O3. The molecular weight excluding hydrogens is 366 g/mol. The Morgan fingerprint density at radius 1 is 1.14 bits per heavy atom. The van der Waals surface area contributed by atoms with Gasteiger partial charge in [-0.3, -0.25) is 9.59 Å². The number of likely N-dealkylation sites (tertiary alicyclic amines) is 1. The summed E-state index contributed by atoms with van der Waals surface area (Å²) in [6.45, 7) is 3.20. The van der Waals surface area contributed by atoms with Crippen LogP contribution in [0.5, 0.6) is 0 Å². The molecule has 6 nitrogen and oxygen atoms in total. The molecule has 6 heteroatoms. The summed E-state index contributed by atoms with van der Waals surface area (Å²) in [5, 5.41) is 6.91. The lowest BCUT2D eigenvalue weighted by atomic mass is 9.87. The number of nitrogens with one attached hydrogen (secondary N) is 1. The van der Waals surface area contributed by atoms with Gasteiger partial charge in [0.25, 0.3) is 5.91 Å². The van der Waals surface area contributed by atoms with Crippen molar-refractivity contribution in [3.63, 3.8) is 0 Å². The lowest BCUT2D eigenvalue weighted by molar-refractivity contribution is -0.139. The van der Waals surface area contributed by atoms with Gasteiger partial charge in [0, 0.05) is 18.7 Å². The van der Waals surface area contributed by atoms with E-state index in [-0.39, 0.29) is 11.8 Å². The highest BCUT2D eigenvalue weighted by Gasteiger charge is 2.45. The quantitative estimate of drug-likeness (QED) is 0.869. The van der Waals surface area contributed by atoms with Crippen molar-refractivity contribution in [2.45, 2.75) is 38.2 Å². The molecule has 1 saturated heterocycles. The van der Waals surface area contributed by atoms with Crippen LogP contribution in [0.4, 0.5) is 5.69 Å². The van der Waals surface area contributed by atoms with Crippen molar-refractivity contribution < 1.29 is 14.4 Å². The maximum Gasteiger partial charge on any atom is 0.273 e. The first-order valence-electron chi connectivity index (χ1n) is 9.98. The van der Waals surface area contributed by atoms with Crippen LogP contribution >= 0.6 is 0 Å². The molecule has 2 heterocycles. The largest absolute Gasteiger partial charge is 0.386 e. The summed E-state index contributed by atoms with van der Waals surface area (Å²) in [6, 6.07) is 17.3. The average Bonchev–Trinajstić information content (AvgIpc) is 3.14. The highest BCUT2D eigenvalue weighted by Crippen LogP contribution is 2.34. The SMILES string of the molecule is Cc1ccc(CC(=O)N2CCC[C@]3(CC(C(=O)Nc4ccccc4)=NO3)C2)cc1. The Kier molecular flexibility index (Phi) is 5.34. The number of nitrogens with zero attached hydrogens (tertiary/aromatic N) is 2. The Balaban J connectivity index is 1.36. The summed E-state index contributed by atoms with van der Waals surface area (Å²) in [6.07, 6.45) is 2.41. The highest BCUT2D eigenvalue weighted by atomic mass is 16.7. The number of carbonyl (C=O) groups excluding carboxylic acids is 2. The zero-order chi connectivity index (χ0) is 20.3. The van der Waals surface area contributed by atoms with Gasteiger partial charge in [-0.1, -0.05) is 53.2 Å². The Morgan fingerprint density at radius 3 is 2.66 bits per heavy atom. The third-order valence-corrected chi connectivity index (χ3v) is 5.50. The second-order valence-electron chi connectivity index (χ2n) is 7.89. The number of anilines is 1. The number of piperidine rings is 1. The summed E-state index contributed by atoms with van der Waals surface area (Å²) in [5.74, 6) is -0.171. The van der Waals surface area contributed by atoms with E-state index in [2.05, 4.69) is 10.5 Å². The molecule has 0 aliphatic carbocycles. The van der Waals surface area contributed by atoms with Crippen molar-refractivity contribution in [2.24, 2.45) is 5.16 Å². The molecule has 1 fully saturated rings. The predicted molar refractivity (Wildman–Crippen MR) is 112 cm³/mol. The third kappa shape index (κ3) is 4.47. The van der Waals surface area contributed by atoms with E-state index >= 15 is 0 Å². The molecule has 0 aromatic heterocycles. The number of rotatable bonds is 4. The van der Waals surface area contributed by atoms with E-state index in [1.165, 1.54) is 5.56 Å². The van der Waals surface area contributed by atoms with Gasteiger partial charge in [0.15, 0.2) is 5.60 Å². The fourth-order valence-corrected chi connectivity index (χ4v) is 3.89. The van der Waals surface area contributed by atoms with Gasteiger partial charge in [-0.05, 0) is 37.5 Å². The van der Waals surface area contributed by atoms with E-state index in [0.717, 1.165) is 24.1 Å². The monoisotopic (exact) mass is 391 g/mol. The van der Waals surface area contributed by atoms with Gasteiger partial charge in [-0.2, -0.15) is 0 Å². The number of carbonyl (C=O) groups is 2. The molecule has 2 amide bonds. The number of para-hydroxylation sites is 1. The molecule has 4 rings (SSSR count). The summed E-state index contributed by atoms with van der Waals surface area (Å²) < 4.78 is 0. The zero-order valence-electron chi connectivity index (χ0n) is 16.6. The second kappa shape index (κ2) is 8.07. The molecule has 0 saturated carbocycles. The Labute approximate surface area is 170 Å². The van der Waals surface area contributed by atoms with Gasteiger partial charge in [0.2, 0.25) is 5.91 Å². The van der Waals surface area contributed by atoms with Crippen molar-refractivity contribution in [1.29, 1.82) is 0 Å². The summed E-state index contributed by atoms with van der Waals surface area (Å²) >= 11 is 0. The molecule has 0 bridgehead atoms. The summed E-state index contributed by atoms with van der Waals surface area (Å²) in [5.41, 5.74) is 2.69. The highest BCUT2D eigenvalue weighted by molar-refractivity contribution is 6.43. The number of amides is 2. The van der Waals surface area contributed by atoms with E-state index in [1.54, 1.807) is 0 Å². The van der Waals surface area contributed by atoms with Gasteiger partial charge in [-0.15, -0.1) is 0 Å². The minimum absolute atomic E-state index is 0.0821. The number of aryl methyl sites for hydroxylation is 1. The van der Waals surface area contributed by atoms with Gasteiger partial charge in [0.1, 0.15) is 5.71 Å². The van der Waals surface area contributed by atoms with Crippen LogP contribution in [0.25, 0.3) is 0 Å². The molecule has 2 aromatic rings. The normalized spacial score (nSPS) is 20.9. The van der Waals surface area contributed by atoms with Crippen molar-refractivity contribution in [3.05, 3.63) is 65.7 Å². The molecule has 2 aliphatic heterocycles. The van der Waals surface area contributed by atoms with Gasteiger partial charge in [-0.25, -0.2) is 0 Å². The zero-order valence-corrected chi connectivity index (χ0v) is 16.6. The van der Waals surface area contributed by atoms with Crippen molar-refractivity contribution in [2.75, 3.05) is 18.4 Å². The van der Waals surface area contributed by atoms with Crippen LogP contribution in [0, 0.1) is 6.92 Å². The van der Waals surface area contributed by atoms with Crippen LogP contribution < -0.4 is 5.32 Å². The maximum absolute atomic E-state index is 12.8. The van der Waals surface area contributed by atoms with E-state index in [1.807, 2.05) is 66.4 Å². The van der Waals surface area contributed by atoms with Gasteiger partial charge in [0.05, 0.1) is 13.0 Å². The van der Waals surface area contributed by atoms with Crippen LogP contribution in [0.2, 0.25) is 0 Å². The van der Waals surface area contributed by atoms with Crippen LogP contribution in [0.3, 0.4) is 0 Å². The fraction of sp³-hybridized carbons (Fsp3) is 0.348. The van der Waals surface area contributed by atoms with Crippen LogP contribution in [-0.4, -0.2) is 41.1 Å². The Morgan fingerprint density at radius 2 is 1.90 bits per heavy atom.